The molecule has 9 heteroatoms. The summed E-state index contributed by atoms with van der Waals surface area (Å²) >= 11 is 0. The molecule has 0 aliphatic rings. The van der Waals surface area contributed by atoms with Crippen molar-refractivity contribution in [3.63, 3.8) is 0 Å². The van der Waals surface area contributed by atoms with Crippen molar-refractivity contribution in [3.8, 4) is 0 Å². The lowest BCUT2D eigenvalue weighted by Gasteiger charge is -2.08. The topological polar surface area (TPSA) is 182 Å². The Bertz CT molecular complexity index is 325. The summed E-state index contributed by atoms with van der Waals surface area (Å²) in [5.41, 5.74) is 15.3. The lowest BCUT2D eigenvalue weighted by Crippen LogP contribution is -2.34. The summed E-state index contributed by atoms with van der Waals surface area (Å²) in [7, 11) is 1.53. The molecule has 9 N–H and O–H groups in total. The van der Waals surface area contributed by atoms with Gasteiger partial charge in [0.15, 0.2) is 0 Å². The number of carboxylic acids is 2. The second-order valence-electron chi connectivity index (χ2n) is 4.41. The monoisotopic (exact) mass is 306 g/mol. The second kappa shape index (κ2) is 13.3. The zero-order valence-corrected chi connectivity index (χ0v) is 12.2. The Morgan fingerprint density at radius 2 is 1.67 bits per heavy atom. The number of primary amides is 1. The highest BCUT2D eigenvalue weighted by Crippen LogP contribution is 1.97. The molecule has 9 nitrogen and oxygen atoms in total. The van der Waals surface area contributed by atoms with Crippen molar-refractivity contribution >= 4 is 17.8 Å². The molecule has 0 bridgehead atoms. The SMILES string of the molecule is CN[C@@H](CCC(N)=O)C(=O)O.NCCCC[C@H](N)C(=O)O. The van der Waals surface area contributed by atoms with Crippen LogP contribution < -0.4 is 22.5 Å². The third-order valence-corrected chi connectivity index (χ3v) is 2.61. The van der Waals surface area contributed by atoms with E-state index in [-0.39, 0.29) is 12.8 Å². The van der Waals surface area contributed by atoms with Gasteiger partial charge in [-0.1, -0.05) is 6.42 Å². The van der Waals surface area contributed by atoms with E-state index in [2.05, 4.69) is 5.32 Å². The van der Waals surface area contributed by atoms with Crippen LogP contribution in [0, 0.1) is 0 Å². The van der Waals surface area contributed by atoms with Gasteiger partial charge in [-0.25, -0.2) is 0 Å². The second-order valence-corrected chi connectivity index (χ2v) is 4.41. The van der Waals surface area contributed by atoms with E-state index in [1.54, 1.807) is 0 Å². The van der Waals surface area contributed by atoms with Gasteiger partial charge in [-0.05, 0) is 32.9 Å². The van der Waals surface area contributed by atoms with Crippen molar-refractivity contribution in [3.05, 3.63) is 0 Å². The van der Waals surface area contributed by atoms with E-state index in [0.717, 1.165) is 12.8 Å². The first-order chi connectivity index (χ1) is 9.76. The average Bonchev–Trinajstić information content (AvgIpc) is 2.39. The number of rotatable bonds is 10. The van der Waals surface area contributed by atoms with Crippen LogP contribution in [0.3, 0.4) is 0 Å². The van der Waals surface area contributed by atoms with Crippen LogP contribution in [0.5, 0.6) is 0 Å². The van der Waals surface area contributed by atoms with Gasteiger partial charge >= 0.3 is 11.9 Å². The van der Waals surface area contributed by atoms with E-state index < -0.39 is 29.9 Å². The summed E-state index contributed by atoms with van der Waals surface area (Å²) in [5, 5.41) is 19.3. The minimum Gasteiger partial charge on any atom is -0.480 e. The normalized spacial score (nSPS) is 12.7. The van der Waals surface area contributed by atoms with Gasteiger partial charge in [0.2, 0.25) is 5.91 Å². The molecular weight excluding hydrogens is 280 g/mol. The van der Waals surface area contributed by atoms with Gasteiger partial charge in [-0.2, -0.15) is 0 Å². The number of aliphatic carboxylic acids is 2. The van der Waals surface area contributed by atoms with E-state index in [1.165, 1.54) is 7.05 Å². The number of carboxylic acid groups (broad SMARTS) is 2. The Morgan fingerprint density at radius 3 is 2.00 bits per heavy atom. The fourth-order valence-electron chi connectivity index (χ4n) is 1.31. The van der Waals surface area contributed by atoms with E-state index >= 15 is 0 Å². The van der Waals surface area contributed by atoms with Crippen molar-refractivity contribution in [2.45, 2.75) is 44.2 Å². The number of nitrogens with one attached hydrogen (secondary N) is 1. The number of hydrogen-bond acceptors (Lipinski definition) is 6. The molecule has 0 spiro atoms. The van der Waals surface area contributed by atoms with Crippen molar-refractivity contribution in [1.29, 1.82) is 0 Å². The van der Waals surface area contributed by atoms with Crippen LogP contribution in [0.15, 0.2) is 0 Å². The Morgan fingerprint density at radius 1 is 1.10 bits per heavy atom. The molecule has 0 radical (unpaired) electrons. The fraction of sp³-hybridized carbons (Fsp3) is 0.750. The van der Waals surface area contributed by atoms with Crippen LogP contribution in [0.4, 0.5) is 0 Å². The number of carbonyl (C=O) groups is 3. The smallest absolute Gasteiger partial charge is 0.320 e. The molecular formula is C12H26N4O5. The number of hydrogen-bond donors (Lipinski definition) is 6. The molecule has 0 aromatic rings. The maximum absolute atomic E-state index is 10.3. The van der Waals surface area contributed by atoms with Crippen LogP contribution in [-0.4, -0.2) is 53.7 Å². The summed E-state index contributed by atoms with van der Waals surface area (Å²) in [6.45, 7) is 0.604. The largest absolute Gasteiger partial charge is 0.480 e. The van der Waals surface area contributed by atoms with Crippen molar-refractivity contribution in [1.82, 2.24) is 5.32 Å². The Kier molecular flexibility index (Phi) is 13.7. The van der Waals surface area contributed by atoms with Crippen molar-refractivity contribution < 1.29 is 24.6 Å². The summed E-state index contributed by atoms with van der Waals surface area (Å²) in [5.74, 6) is -2.38. The highest BCUT2D eigenvalue weighted by molar-refractivity contribution is 5.77. The third kappa shape index (κ3) is 14.5. The molecule has 0 saturated carbocycles. The summed E-state index contributed by atoms with van der Waals surface area (Å²) in [6.07, 6.45) is 2.50. The van der Waals surface area contributed by atoms with Crippen LogP contribution >= 0.6 is 0 Å². The predicted octanol–water partition coefficient (Wildman–Crippen LogP) is -1.55. The van der Waals surface area contributed by atoms with Crippen LogP contribution in [0.1, 0.15) is 32.1 Å². The first-order valence-electron chi connectivity index (χ1n) is 6.63. The number of nitrogens with two attached hydrogens (primary N) is 3. The van der Waals surface area contributed by atoms with Gasteiger partial charge in [0.1, 0.15) is 12.1 Å². The fourth-order valence-corrected chi connectivity index (χ4v) is 1.31. The minimum atomic E-state index is -0.964. The number of carbonyl (C=O) groups excluding carboxylic acids is 1. The van der Waals surface area contributed by atoms with E-state index in [9.17, 15) is 14.4 Å². The lowest BCUT2D eigenvalue weighted by atomic mass is 10.1. The van der Waals surface area contributed by atoms with Crippen molar-refractivity contribution in [2.75, 3.05) is 13.6 Å². The minimum absolute atomic E-state index is 0.0950. The average molecular weight is 306 g/mol. The van der Waals surface area contributed by atoms with Gasteiger partial charge in [0, 0.05) is 6.42 Å². The quantitative estimate of drug-likeness (QED) is 0.262. The van der Waals surface area contributed by atoms with E-state index in [1.807, 2.05) is 0 Å². The Labute approximate surface area is 123 Å². The number of amides is 1. The molecule has 0 aromatic carbocycles. The molecule has 0 unspecified atom stereocenters. The third-order valence-electron chi connectivity index (χ3n) is 2.61. The highest BCUT2D eigenvalue weighted by Gasteiger charge is 2.14. The molecule has 0 aliphatic heterocycles. The highest BCUT2D eigenvalue weighted by atomic mass is 16.4. The standard InChI is InChI=1S/C6H12N2O3.C6H14N2O2/c1-8-4(6(10)11)2-3-5(7)9;7-4-2-1-3-5(8)6(9)10/h4,8H,2-3H2,1H3,(H2,7,9)(H,10,11);5H,1-4,7-8H2,(H,9,10)/t4-;5-/m00/s1. The Balaban J connectivity index is 0. The van der Waals surface area contributed by atoms with Crippen LogP contribution in [-0.2, 0) is 14.4 Å². The molecule has 0 aliphatic carbocycles. The first-order valence-corrected chi connectivity index (χ1v) is 6.63. The Hall–Kier alpha value is -1.71. The molecule has 21 heavy (non-hydrogen) atoms. The number of unbranched alkanes of at least 4 members (excludes halogenated alkanes) is 1. The summed E-state index contributed by atoms with van der Waals surface area (Å²) < 4.78 is 0. The molecule has 124 valence electrons. The zero-order chi connectivity index (χ0) is 16.8. The maximum Gasteiger partial charge on any atom is 0.320 e. The van der Waals surface area contributed by atoms with Crippen molar-refractivity contribution in [2.24, 2.45) is 17.2 Å². The lowest BCUT2D eigenvalue weighted by molar-refractivity contribution is -0.140. The van der Waals surface area contributed by atoms with Gasteiger partial charge in [0.05, 0.1) is 0 Å². The van der Waals surface area contributed by atoms with Gasteiger partial charge < -0.3 is 32.7 Å². The predicted molar refractivity (Wildman–Crippen MR) is 77.4 cm³/mol. The van der Waals surface area contributed by atoms with Crippen LogP contribution in [0.2, 0.25) is 0 Å². The molecule has 2 atom stereocenters. The zero-order valence-electron chi connectivity index (χ0n) is 12.2. The molecule has 0 rings (SSSR count). The van der Waals surface area contributed by atoms with Crippen LogP contribution in [0.25, 0.3) is 0 Å². The summed E-state index contributed by atoms with van der Waals surface area (Å²) in [4.78, 5) is 30.7. The summed E-state index contributed by atoms with van der Waals surface area (Å²) in [6, 6.07) is -1.39. The van der Waals surface area contributed by atoms with Gasteiger partial charge in [0.25, 0.3) is 0 Å². The van der Waals surface area contributed by atoms with Gasteiger partial charge in [-0.15, -0.1) is 0 Å². The molecule has 0 heterocycles. The van der Waals surface area contributed by atoms with Gasteiger partial charge in [-0.3, -0.25) is 14.4 Å². The van der Waals surface area contributed by atoms with E-state index in [0.29, 0.717) is 13.0 Å². The molecule has 1 amide bonds. The first kappa shape index (κ1) is 21.6. The number of likely N-dealkylation sites (N-methyl/N-ethyl adjacent to an activating group) is 1. The maximum atomic E-state index is 10.3. The molecule has 0 saturated heterocycles. The molecule has 0 aromatic heterocycles. The van der Waals surface area contributed by atoms with E-state index in [4.69, 9.17) is 27.4 Å². The molecule has 0 fully saturated rings.